The second-order valence-corrected chi connectivity index (χ2v) is 2.88. The normalized spacial score (nSPS) is 11.2. The van der Waals surface area contributed by atoms with Gasteiger partial charge < -0.3 is 5.11 Å². The molecule has 0 amide bonds. The van der Waals surface area contributed by atoms with Gasteiger partial charge in [0.25, 0.3) is 6.43 Å². The van der Waals surface area contributed by atoms with Crippen LogP contribution in [0.15, 0.2) is 0 Å². The summed E-state index contributed by atoms with van der Waals surface area (Å²) in [4.78, 5) is 0. The van der Waals surface area contributed by atoms with Crippen molar-refractivity contribution in [3.8, 4) is 0 Å². The molecule has 74 valence electrons. The van der Waals surface area contributed by atoms with Crippen LogP contribution >= 0.6 is 0 Å². The Labute approximate surface area is 75.0 Å². The van der Waals surface area contributed by atoms with Crippen molar-refractivity contribution in [1.29, 1.82) is 0 Å². The average molecular weight is 190 g/mol. The van der Waals surface area contributed by atoms with Gasteiger partial charge in [-0.05, 0) is 13.8 Å². The number of aryl methyl sites for hydroxylation is 1. The molecular weight excluding hydrogens is 178 g/mol. The number of nitrogens with zero attached hydrogens (tertiary/aromatic N) is 2. The summed E-state index contributed by atoms with van der Waals surface area (Å²) in [6.45, 7) is 2.81. The van der Waals surface area contributed by atoms with Crippen LogP contribution in [0.3, 0.4) is 0 Å². The molecule has 13 heavy (non-hydrogen) atoms. The van der Waals surface area contributed by atoms with Gasteiger partial charge in [0.15, 0.2) is 0 Å². The summed E-state index contributed by atoms with van der Waals surface area (Å²) < 4.78 is 25.3. The third-order valence-corrected chi connectivity index (χ3v) is 2.00. The van der Waals surface area contributed by atoms with Crippen LogP contribution in [0.4, 0.5) is 8.78 Å². The largest absolute Gasteiger partial charge is 0.392 e. The Hall–Kier alpha value is -0.970. The van der Waals surface area contributed by atoms with Crippen molar-refractivity contribution < 1.29 is 13.9 Å². The van der Waals surface area contributed by atoms with Gasteiger partial charge in [-0.2, -0.15) is 5.10 Å². The minimum Gasteiger partial charge on any atom is -0.392 e. The standard InChI is InChI=1S/C8H12F2N2O/c1-5-7(4-13)6(2)12(11-5)3-8(9)10/h8,13H,3-4H2,1-2H3. The summed E-state index contributed by atoms with van der Waals surface area (Å²) in [6, 6.07) is 0. The molecule has 0 radical (unpaired) electrons. The van der Waals surface area contributed by atoms with Crippen molar-refractivity contribution >= 4 is 0 Å². The minimum atomic E-state index is -2.41. The van der Waals surface area contributed by atoms with Crippen molar-refractivity contribution in [2.45, 2.75) is 33.4 Å². The maximum atomic E-state index is 12.0. The Morgan fingerprint density at radius 1 is 1.46 bits per heavy atom. The lowest BCUT2D eigenvalue weighted by Gasteiger charge is -2.02. The lowest BCUT2D eigenvalue weighted by atomic mass is 10.2. The molecule has 5 heteroatoms. The number of hydrogen-bond acceptors (Lipinski definition) is 2. The van der Waals surface area contributed by atoms with E-state index in [-0.39, 0.29) is 6.61 Å². The molecule has 0 aliphatic heterocycles. The van der Waals surface area contributed by atoms with E-state index in [1.165, 1.54) is 4.68 Å². The fraction of sp³-hybridized carbons (Fsp3) is 0.625. The topological polar surface area (TPSA) is 38.0 Å². The van der Waals surface area contributed by atoms with Crippen LogP contribution in [0.1, 0.15) is 17.0 Å². The summed E-state index contributed by atoms with van der Waals surface area (Å²) in [5.74, 6) is 0. The molecule has 1 rings (SSSR count). The fourth-order valence-electron chi connectivity index (χ4n) is 1.27. The number of aliphatic hydroxyl groups is 1. The molecule has 0 saturated heterocycles. The minimum absolute atomic E-state index is 0.152. The highest BCUT2D eigenvalue weighted by Gasteiger charge is 2.13. The Bertz CT molecular complexity index is 297. The molecule has 1 aromatic heterocycles. The Kier molecular flexibility index (Phi) is 2.98. The lowest BCUT2D eigenvalue weighted by Crippen LogP contribution is -2.09. The number of rotatable bonds is 3. The van der Waals surface area contributed by atoms with Gasteiger partial charge in [-0.3, -0.25) is 4.68 Å². The SMILES string of the molecule is Cc1nn(CC(F)F)c(C)c1CO. The molecule has 0 bridgehead atoms. The van der Waals surface area contributed by atoms with Crippen LogP contribution in [-0.4, -0.2) is 21.3 Å². The molecule has 0 aromatic carbocycles. The molecule has 0 fully saturated rings. The zero-order valence-electron chi connectivity index (χ0n) is 7.59. The molecule has 1 N–H and O–H groups in total. The molecule has 0 unspecified atom stereocenters. The van der Waals surface area contributed by atoms with E-state index < -0.39 is 13.0 Å². The first-order valence-corrected chi connectivity index (χ1v) is 3.98. The van der Waals surface area contributed by atoms with E-state index in [1.807, 2.05) is 0 Å². The second-order valence-electron chi connectivity index (χ2n) is 2.88. The fourth-order valence-corrected chi connectivity index (χ4v) is 1.27. The van der Waals surface area contributed by atoms with Gasteiger partial charge in [-0.15, -0.1) is 0 Å². The number of alkyl halides is 2. The molecule has 1 heterocycles. The lowest BCUT2D eigenvalue weighted by molar-refractivity contribution is 0.120. The maximum Gasteiger partial charge on any atom is 0.257 e. The Morgan fingerprint density at radius 2 is 2.08 bits per heavy atom. The summed E-state index contributed by atoms with van der Waals surface area (Å²) in [7, 11) is 0. The highest BCUT2D eigenvalue weighted by molar-refractivity contribution is 5.23. The first-order chi connectivity index (χ1) is 6.06. The molecule has 0 atom stereocenters. The highest BCUT2D eigenvalue weighted by Crippen LogP contribution is 2.13. The van der Waals surface area contributed by atoms with E-state index >= 15 is 0 Å². The van der Waals surface area contributed by atoms with Gasteiger partial charge >= 0.3 is 0 Å². The molecule has 0 aliphatic rings. The van der Waals surface area contributed by atoms with E-state index in [9.17, 15) is 8.78 Å². The van der Waals surface area contributed by atoms with Crippen molar-refractivity contribution in [1.82, 2.24) is 9.78 Å². The van der Waals surface area contributed by atoms with Crippen molar-refractivity contribution in [3.05, 3.63) is 17.0 Å². The number of halogens is 2. The van der Waals surface area contributed by atoms with Gasteiger partial charge in [0.1, 0.15) is 6.54 Å². The smallest absolute Gasteiger partial charge is 0.257 e. The molecule has 0 spiro atoms. The molecule has 3 nitrogen and oxygen atoms in total. The first kappa shape index (κ1) is 10.1. The summed E-state index contributed by atoms with van der Waals surface area (Å²) in [6.07, 6.45) is -2.41. The van der Waals surface area contributed by atoms with Crippen LogP contribution in [0.25, 0.3) is 0 Å². The quantitative estimate of drug-likeness (QED) is 0.779. The van der Waals surface area contributed by atoms with E-state index in [1.54, 1.807) is 13.8 Å². The van der Waals surface area contributed by atoms with E-state index in [4.69, 9.17) is 5.11 Å². The van der Waals surface area contributed by atoms with Gasteiger partial charge in [0, 0.05) is 11.3 Å². The summed E-state index contributed by atoms with van der Waals surface area (Å²) >= 11 is 0. The first-order valence-electron chi connectivity index (χ1n) is 3.98. The van der Waals surface area contributed by atoms with Gasteiger partial charge in [-0.1, -0.05) is 0 Å². The summed E-state index contributed by atoms with van der Waals surface area (Å²) in [5, 5.41) is 12.8. The van der Waals surface area contributed by atoms with Crippen LogP contribution in [0.2, 0.25) is 0 Å². The van der Waals surface area contributed by atoms with Gasteiger partial charge in [-0.25, -0.2) is 8.78 Å². The number of hydrogen-bond donors (Lipinski definition) is 1. The molecule has 0 aliphatic carbocycles. The van der Waals surface area contributed by atoms with Crippen LogP contribution in [0.5, 0.6) is 0 Å². The number of aromatic nitrogens is 2. The molecular formula is C8H12F2N2O. The average Bonchev–Trinajstić information content (AvgIpc) is 2.26. The zero-order chi connectivity index (χ0) is 10.0. The monoisotopic (exact) mass is 190 g/mol. The van der Waals surface area contributed by atoms with E-state index in [2.05, 4.69) is 5.10 Å². The van der Waals surface area contributed by atoms with Crippen LogP contribution in [0, 0.1) is 13.8 Å². The Morgan fingerprint density at radius 3 is 2.46 bits per heavy atom. The van der Waals surface area contributed by atoms with E-state index in [0.717, 1.165) is 0 Å². The summed E-state index contributed by atoms with van der Waals surface area (Å²) in [5.41, 5.74) is 1.86. The second kappa shape index (κ2) is 3.83. The van der Waals surface area contributed by atoms with Crippen molar-refractivity contribution in [2.24, 2.45) is 0 Å². The molecule has 1 aromatic rings. The predicted octanol–water partition coefficient (Wildman–Crippen LogP) is 1.26. The third kappa shape index (κ3) is 2.03. The highest BCUT2D eigenvalue weighted by atomic mass is 19.3. The van der Waals surface area contributed by atoms with Crippen LogP contribution < -0.4 is 0 Å². The predicted molar refractivity (Wildman–Crippen MR) is 43.6 cm³/mol. The van der Waals surface area contributed by atoms with Crippen LogP contribution in [-0.2, 0) is 13.2 Å². The van der Waals surface area contributed by atoms with E-state index in [0.29, 0.717) is 17.0 Å². The van der Waals surface area contributed by atoms with Gasteiger partial charge in [0.2, 0.25) is 0 Å². The zero-order valence-corrected chi connectivity index (χ0v) is 7.59. The maximum absolute atomic E-state index is 12.0. The number of aliphatic hydroxyl groups excluding tert-OH is 1. The molecule has 0 saturated carbocycles. The van der Waals surface area contributed by atoms with Gasteiger partial charge in [0.05, 0.1) is 12.3 Å². The van der Waals surface area contributed by atoms with Crippen molar-refractivity contribution in [2.75, 3.05) is 0 Å². The Balaban J connectivity index is 2.96. The third-order valence-electron chi connectivity index (χ3n) is 2.00. The van der Waals surface area contributed by atoms with Crippen molar-refractivity contribution in [3.63, 3.8) is 0 Å².